The molecule has 0 N–H and O–H groups in total. The Morgan fingerprint density at radius 3 is 2.83 bits per heavy atom. The lowest BCUT2D eigenvalue weighted by Crippen LogP contribution is -1.87. The van der Waals surface area contributed by atoms with Gasteiger partial charge in [0.05, 0.1) is 11.8 Å². The normalized spacial score (nSPS) is 10.1. The van der Waals surface area contributed by atoms with Gasteiger partial charge in [0, 0.05) is 0 Å². The molecule has 5 heteroatoms. The zero-order chi connectivity index (χ0) is 8.81. The summed E-state index contributed by atoms with van der Waals surface area (Å²) in [5, 5.41) is 3.53. The number of hydrogen-bond donors (Lipinski definition) is 0. The molecule has 4 nitrogen and oxygen atoms in total. The molecule has 0 atom stereocenters. The molecule has 0 bridgehead atoms. The van der Waals surface area contributed by atoms with Crippen molar-refractivity contribution in [1.82, 2.24) is 0 Å². The number of benzene rings is 1. The Kier molecular flexibility index (Phi) is 3.22. The zero-order valence-electron chi connectivity index (χ0n) is 5.98. The number of ether oxygens (including phenoxy) is 1. The Labute approximate surface area is 73.9 Å². The maximum atomic E-state index is 10.0. The quantitative estimate of drug-likeness (QED) is 0.535. The Morgan fingerprint density at radius 2 is 2.17 bits per heavy atom. The topological polar surface area (TPSA) is 51.0 Å². The zero-order valence-corrected chi connectivity index (χ0v) is 6.73. The van der Waals surface area contributed by atoms with Gasteiger partial charge in [-0.2, -0.15) is 0 Å². The second-order valence-electron chi connectivity index (χ2n) is 1.86. The molecular formula is C7H5ClN2O2. The number of para-hydroxylation sites is 1. The fourth-order valence-corrected chi connectivity index (χ4v) is 0.813. The van der Waals surface area contributed by atoms with Gasteiger partial charge in [-0.25, -0.2) is 0 Å². The van der Waals surface area contributed by atoms with Gasteiger partial charge in [-0.05, 0) is 12.1 Å². The molecule has 0 heterocycles. The molecule has 0 aliphatic heterocycles. The maximum Gasteiger partial charge on any atom is 0.298 e. The molecule has 1 aromatic rings. The smallest absolute Gasteiger partial charge is 0.298 e. The number of halogens is 1. The fraction of sp³-hybridized carbons (Fsp3) is 0. The lowest BCUT2D eigenvalue weighted by molar-refractivity contribution is -0.120. The first-order valence-electron chi connectivity index (χ1n) is 3.10. The molecule has 1 rings (SSSR count). The number of carbonyl (C=O) groups is 1. The predicted octanol–water partition coefficient (Wildman–Crippen LogP) is 2.46. The molecule has 0 aromatic heterocycles. The molecule has 0 radical (unpaired) electrons. The molecule has 0 amide bonds. The lowest BCUT2D eigenvalue weighted by atomic mass is 10.3. The molecule has 0 unspecified atom stereocenters. The first-order chi connectivity index (χ1) is 5.88. The molecule has 62 valence electrons. The average Bonchev–Trinajstić information content (AvgIpc) is 2.09. The summed E-state index contributed by atoms with van der Waals surface area (Å²) in [5.74, 6) is 0.330. The van der Waals surface area contributed by atoms with Crippen molar-refractivity contribution in [3.63, 3.8) is 0 Å². The van der Waals surface area contributed by atoms with Crippen LogP contribution < -0.4 is 4.74 Å². The van der Waals surface area contributed by atoms with Crippen LogP contribution in [0.3, 0.4) is 0 Å². The van der Waals surface area contributed by atoms with Crippen molar-refractivity contribution in [2.24, 2.45) is 9.75 Å². The van der Waals surface area contributed by atoms with E-state index < -0.39 is 0 Å². The SMILES string of the molecule is O=COc1ccccc1N=NCl. The van der Waals surface area contributed by atoms with Gasteiger partial charge in [0.25, 0.3) is 6.47 Å². The first-order valence-corrected chi connectivity index (χ1v) is 3.43. The summed E-state index contributed by atoms with van der Waals surface area (Å²) in [4.78, 5) is 10.0. The van der Waals surface area contributed by atoms with E-state index in [1.54, 1.807) is 24.3 Å². The van der Waals surface area contributed by atoms with Gasteiger partial charge in [0.2, 0.25) is 0 Å². The van der Waals surface area contributed by atoms with E-state index in [-0.39, 0.29) is 0 Å². The van der Waals surface area contributed by atoms with Crippen LogP contribution in [0.5, 0.6) is 5.75 Å². The highest BCUT2D eigenvalue weighted by Gasteiger charge is 1.99. The average molecular weight is 185 g/mol. The van der Waals surface area contributed by atoms with Crippen LogP contribution in [0.15, 0.2) is 34.0 Å². The monoisotopic (exact) mass is 184 g/mol. The number of hydrogen-bond acceptors (Lipinski definition) is 4. The van der Waals surface area contributed by atoms with Crippen LogP contribution in [0.1, 0.15) is 0 Å². The third-order valence-electron chi connectivity index (χ3n) is 1.19. The molecule has 1 aromatic carbocycles. The summed E-state index contributed by atoms with van der Waals surface area (Å²) in [6.07, 6.45) is 0. The van der Waals surface area contributed by atoms with E-state index in [1.165, 1.54) is 0 Å². The van der Waals surface area contributed by atoms with Crippen LogP contribution in [-0.2, 0) is 4.79 Å². The van der Waals surface area contributed by atoms with Gasteiger partial charge in [0.1, 0.15) is 5.69 Å². The highest BCUT2D eigenvalue weighted by molar-refractivity contribution is 6.14. The van der Waals surface area contributed by atoms with Crippen LogP contribution in [0.25, 0.3) is 0 Å². The molecule has 0 saturated heterocycles. The second-order valence-corrected chi connectivity index (χ2v) is 2.01. The molecule has 12 heavy (non-hydrogen) atoms. The van der Waals surface area contributed by atoms with Gasteiger partial charge < -0.3 is 4.74 Å². The maximum absolute atomic E-state index is 10.0. The Bertz CT molecular complexity index is 301. The van der Waals surface area contributed by atoms with Crippen molar-refractivity contribution >= 4 is 23.9 Å². The minimum atomic E-state index is 0.322. The Balaban J connectivity index is 2.99. The van der Waals surface area contributed by atoms with Crippen LogP contribution in [0.2, 0.25) is 0 Å². The van der Waals surface area contributed by atoms with Crippen LogP contribution >= 0.6 is 11.8 Å². The lowest BCUT2D eigenvalue weighted by Gasteiger charge is -1.98. The van der Waals surface area contributed by atoms with Gasteiger partial charge in [0.15, 0.2) is 5.75 Å². The van der Waals surface area contributed by atoms with E-state index in [0.29, 0.717) is 17.9 Å². The molecule has 0 spiro atoms. The summed E-state index contributed by atoms with van der Waals surface area (Å²) < 4.78 is 7.65. The molecular weight excluding hydrogens is 180 g/mol. The third kappa shape index (κ3) is 2.03. The Morgan fingerprint density at radius 1 is 1.42 bits per heavy atom. The molecule has 0 fully saturated rings. The fourth-order valence-electron chi connectivity index (χ4n) is 0.732. The van der Waals surface area contributed by atoms with Gasteiger partial charge in [-0.15, -0.1) is 5.11 Å². The highest BCUT2D eigenvalue weighted by atomic mass is 35.5. The van der Waals surface area contributed by atoms with E-state index in [9.17, 15) is 4.79 Å². The number of carbonyl (C=O) groups excluding carboxylic acids is 1. The van der Waals surface area contributed by atoms with Crippen molar-refractivity contribution in [2.75, 3.05) is 0 Å². The minimum absolute atomic E-state index is 0.322. The first kappa shape index (κ1) is 8.67. The Hall–Kier alpha value is -1.42. The summed E-state index contributed by atoms with van der Waals surface area (Å²) in [7, 11) is 0. The molecule has 0 saturated carbocycles. The third-order valence-corrected chi connectivity index (χ3v) is 1.26. The van der Waals surface area contributed by atoms with Crippen LogP contribution in [0.4, 0.5) is 5.69 Å². The predicted molar refractivity (Wildman–Crippen MR) is 43.5 cm³/mol. The standard InChI is InChI=1S/C7H5ClN2O2/c8-10-9-6-3-1-2-4-7(6)12-5-11/h1-5H. The second kappa shape index (κ2) is 4.46. The highest BCUT2D eigenvalue weighted by Crippen LogP contribution is 2.26. The van der Waals surface area contributed by atoms with Gasteiger partial charge in [-0.3, -0.25) is 4.79 Å². The van der Waals surface area contributed by atoms with Gasteiger partial charge >= 0.3 is 0 Å². The van der Waals surface area contributed by atoms with E-state index in [0.717, 1.165) is 0 Å². The summed E-state index contributed by atoms with van der Waals surface area (Å²) >= 11 is 5.02. The number of rotatable bonds is 3. The van der Waals surface area contributed by atoms with Crippen LogP contribution in [-0.4, -0.2) is 6.47 Å². The number of nitrogens with zero attached hydrogens (tertiary/aromatic N) is 2. The van der Waals surface area contributed by atoms with Gasteiger partial charge in [-0.1, -0.05) is 16.8 Å². The van der Waals surface area contributed by atoms with Crippen LogP contribution in [0, 0.1) is 0 Å². The molecule has 0 aliphatic carbocycles. The summed E-state index contributed by atoms with van der Waals surface area (Å²) in [6, 6.07) is 6.67. The van der Waals surface area contributed by atoms with E-state index in [4.69, 9.17) is 11.8 Å². The van der Waals surface area contributed by atoms with Crippen molar-refractivity contribution in [3.05, 3.63) is 24.3 Å². The minimum Gasteiger partial charge on any atom is -0.426 e. The summed E-state index contributed by atoms with van der Waals surface area (Å²) in [5.41, 5.74) is 0.416. The van der Waals surface area contributed by atoms with E-state index in [2.05, 4.69) is 14.5 Å². The molecule has 0 aliphatic rings. The van der Waals surface area contributed by atoms with E-state index in [1.807, 2.05) is 0 Å². The van der Waals surface area contributed by atoms with Crippen molar-refractivity contribution in [3.8, 4) is 5.75 Å². The van der Waals surface area contributed by atoms with Crippen molar-refractivity contribution < 1.29 is 9.53 Å². The van der Waals surface area contributed by atoms with Crippen molar-refractivity contribution in [1.29, 1.82) is 0 Å². The summed E-state index contributed by atoms with van der Waals surface area (Å²) in [6.45, 7) is 0.322. The van der Waals surface area contributed by atoms with E-state index >= 15 is 0 Å². The van der Waals surface area contributed by atoms with Crippen molar-refractivity contribution in [2.45, 2.75) is 0 Å². The largest absolute Gasteiger partial charge is 0.426 e.